The number of unbranched alkanes of at least 4 members (excludes halogenated alkanes) is 37. The summed E-state index contributed by atoms with van der Waals surface area (Å²) in [5.74, 6) is -0.857. The zero-order valence-corrected chi connectivity index (χ0v) is 46.8. The van der Waals surface area contributed by atoms with E-state index in [1.54, 1.807) is 0 Å². The normalized spacial score (nSPS) is 12.3. The van der Waals surface area contributed by atoms with E-state index in [9.17, 15) is 14.4 Å². The zero-order valence-electron chi connectivity index (χ0n) is 46.8. The molecule has 1 unspecified atom stereocenters. The molecule has 0 saturated carbocycles. The third-order valence-corrected chi connectivity index (χ3v) is 13.6. The molecule has 0 rings (SSSR count). The number of hydrogen-bond donors (Lipinski definition) is 0. The van der Waals surface area contributed by atoms with Crippen LogP contribution in [0.4, 0.5) is 0 Å². The molecule has 0 radical (unpaired) electrons. The number of esters is 3. The summed E-state index contributed by atoms with van der Waals surface area (Å²) in [6.07, 6.45) is 72.4. The van der Waals surface area contributed by atoms with Crippen LogP contribution < -0.4 is 0 Å². The summed E-state index contributed by atoms with van der Waals surface area (Å²) < 4.78 is 16.9. The van der Waals surface area contributed by atoms with Gasteiger partial charge in [0.2, 0.25) is 0 Å². The minimum Gasteiger partial charge on any atom is -0.462 e. The fourth-order valence-electron chi connectivity index (χ4n) is 9.02. The average Bonchev–Trinajstić information content (AvgIpc) is 3.36. The highest BCUT2D eigenvalue weighted by Gasteiger charge is 2.19. The van der Waals surface area contributed by atoms with Crippen molar-refractivity contribution in [2.24, 2.45) is 0 Å². The molecular weight excluding hydrogens is 865 g/mol. The number of ether oxygens (including phenoxy) is 3. The average molecular weight is 982 g/mol. The van der Waals surface area contributed by atoms with Gasteiger partial charge in [0.25, 0.3) is 0 Å². The maximum absolute atomic E-state index is 12.9. The molecule has 6 nitrogen and oxygen atoms in total. The number of carbonyl (C=O) groups excluding carboxylic acids is 3. The highest BCUT2D eigenvalue weighted by Crippen LogP contribution is 2.17. The smallest absolute Gasteiger partial charge is 0.306 e. The van der Waals surface area contributed by atoms with Crippen LogP contribution in [0.15, 0.2) is 48.6 Å². The van der Waals surface area contributed by atoms with E-state index < -0.39 is 6.10 Å². The van der Waals surface area contributed by atoms with Gasteiger partial charge in [-0.3, -0.25) is 14.4 Å². The standard InChI is InChI=1S/C64H116O6/c1-4-7-10-13-16-19-22-25-28-30-31-32-33-34-37-39-42-45-48-51-54-57-63(66)69-60-61(59-68-62(65)56-53-50-47-44-41-38-35-27-24-21-18-15-12-9-6-3)70-64(67)58-55-52-49-46-43-40-36-29-26-23-20-17-14-11-8-5-2/h7,10,16,19,25,28,31-32,61H,4-6,8-9,11-15,17-18,20-24,26-27,29-30,33-60H2,1-3H3/b10-7-,19-16-,28-25-,32-31-. The first-order chi connectivity index (χ1) is 34.5. The summed E-state index contributed by atoms with van der Waals surface area (Å²) in [4.78, 5) is 38.2. The van der Waals surface area contributed by atoms with Crippen LogP contribution in [0.25, 0.3) is 0 Å². The molecule has 0 aliphatic heterocycles. The molecule has 0 fully saturated rings. The van der Waals surface area contributed by atoms with Gasteiger partial charge in [0.1, 0.15) is 13.2 Å². The van der Waals surface area contributed by atoms with Gasteiger partial charge in [0.05, 0.1) is 0 Å². The van der Waals surface area contributed by atoms with Gasteiger partial charge >= 0.3 is 17.9 Å². The first-order valence-corrected chi connectivity index (χ1v) is 30.6. The maximum Gasteiger partial charge on any atom is 0.306 e. The molecule has 0 spiro atoms. The van der Waals surface area contributed by atoms with Crippen LogP contribution in [0.2, 0.25) is 0 Å². The number of hydrogen-bond acceptors (Lipinski definition) is 6. The zero-order chi connectivity index (χ0) is 50.7. The first-order valence-electron chi connectivity index (χ1n) is 30.6. The van der Waals surface area contributed by atoms with Gasteiger partial charge in [-0.2, -0.15) is 0 Å². The van der Waals surface area contributed by atoms with Crippen LogP contribution in [0, 0.1) is 0 Å². The van der Waals surface area contributed by atoms with E-state index in [0.29, 0.717) is 19.3 Å². The van der Waals surface area contributed by atoms with Crippen LogP contribution in [0.3, 0.4) is 0 Å². The summed E-state index contributed by atoms with van der Waals surface area (Å²) >= 11 is 0. The van der Waals surface area contributed by atoms with E-state index in [-0.39, 0.29) is 31.1 Å². The Morgan fingerprint density at radius 1 is 0.300 bits per heavy atom. The Morgan fingerprint density at radius 2 is 0.557 bits per heavy atom. The van der Waals surface area contributed by atoms with Crippen molar-refractivity contribution in [3.05, 3.63) is 48.6 Å². The van der Waals surface area contributed by atoms with Crippen molar-refractivity contribution in [2.45, 2.75) is 329 Å². The highest BCUT2D eigenvalue weighted by atomic mass is 16.6. The van der Waals surface area contributed by atoms with Crippen LogP contribution in [-0.2, 0) is 28.6 Å². The molecule has 0 heterocycles. The van der Waals surface area contributed by atoms with Crippen molar-refractivity contribution in [3.63, 3.8) is 0 Å². The lowest BCUT2D eigenvalue weighted by atomic mass is 10.0. The first kappa shape index (κ1) is 67.4. The third-order valence-electron chi connectivity index (χ3n) is 13.6. The Bertz CT molecular complexity index is 1220. The maximum atomic E-state index is 12.9. The number of rotatable bonds is 56. The second-order valence-electron chi connectivity index (χ2n) is 20.6. The van der Waals surface area contributed by atoms with E-state index >= 15 is 0 Å². The predicted molar refractivity (Wildman–Crippen MR) is 302 cm³/mol. The molecule has 0 aromatic carbocycles. The molecule has 0 amide bonds. The van der Waals surface area contributed by atoms with Crippen LogP contribution in [0.1, 0.15) is 323 Å². The summed E-state index contributed by atoms with van der Waals surface area (Å²) in [5.41, 5.74) is 0. The van der Waals surface area contributed by atoms with E-state index in [1.807, 2.05) is 0 Å². The SMILES string of the molecule is CC/C=C\C/C=C\C/C=C\C/C=C\CCCCCCCCCCC(=O)OCC(COC(=O)CCCCCCCCCCCCCCCCC)OC(=O)CCCCCCCCCCCCCCCCCC. The molecule has 0 aromatic rings. The van der Waals surface area contributed by atoms with Gasteiger partial charge in [-0.15, -0.1) is 0 Å². The second kappa shape index (κ2) is 58.9. The van der Waals surface area contributed by atoms with Crippen molar-refractivity contribution in [1.82, 2.24) is 0 Å². The molecule has 0 bridgehead atoms. The molecule has 0 aliphatic carbocycles. The van der Waals surface area contributed by atoms with E-state index in [0.717, 1.165) is 89.9 Å². The van der Waals surface area contributed by atoms with Gasteiger partial charge in [-0.25, -0.2) is 0 Å². The van der Waals surface area contributed by atoms with Crippen molar-refractivity contribution in [3.8, 4) is 0 Å². The molecule has 408 valence electrons. The lowest BCUT2D eigenvalue weighted by molar-refractivity contribution is -0.167. The largest absolute Gasteiger partial charge is 0.462 e. The molecule has 0 aromatic heterocycles. The van der Waals surface area contributed by atoms with Crippen molar-refractivity contribution >= 4 is 17.9 Å². The molecule has 0 aliphatic rings. The Hall–Kier alpha value is -2.63. The summed E-state index contributed by atoms with van der Waals surface area (Å²) in [7, 11) is 0. The van der Waals surface area contributed by atoms with Crippen LogP contribution in [0.5, 0.6) is 0 Å². The van der Waals surface area contributed by atoms with E-state index in [1.165, 1.54) is 193 Å². The molecule has 70 heavy (non-hydrogen) atoms. The lowest BCUT2D eigenvalue weighted by Gasteiger charge is -2.18. The van der Waals surface area contributed by atoms with Crippen LogP contribution >= 0.6 is 0 Å². The number of carbonyl (C=O) groups is 3. The van der Waals surface area contributed by atoms with Gasteiger partial charge < -0.3 is 14.2 Å². The van der Waals surface area contributed by atoms with Gasteiger partial charge in [0, 0.05) is 19.3 Å². The Kier molecular flexibility index (Phi) is 56.7. The van der Waals surface area contributed by atoms with Gasteiger partial charge in [-0.1, -0.05) is 294 Å². The lowest BCUT2D eigenvalue weighted by Crippen LogP contribution is -2.30. The summed E-state index contributed by atoms with van der Waals surface area (Å²) in [6.45, 7) is 6.57. The van der Waals surface area contributed by atoms with Gasteiger partial charge in [-0.05, 0) is 57.8 Å². The predicted octanol–water partition coefficient (Wildman–Crippen LogP) is 20.6. The minimum atomic E-state index is -0.773. The van der Waals surface area contributed by atoms with Crippen molar-refractivity contribution in [2.75, 3.05) is 13.2 Å². The highest BCUT2D eigenvalue weighted by molar-refractivity contribution is 5.71. The quantitative estimate of drug-likeness (QED) is 0.0261. The Balaban J connectivity index is 4.33. The monoisotopic (exact) mass is 981 g/mol. The Morgan fingerprint density at radius 3 is 0.871 bits per heavy atom. The third kappa shape index (κ3) is 56.3. The van der Waals surface area contributed by atoms with E-state index in [4.69, 9.17) is 14.2 Å². The summed E-state index contributed by atoms with van der Waals surface area (Å²) in [6, 6.07) is 0. The molecule has 0 N–H and O–H groups in total. The topological polar surface area (TPSA) is 78.9 Å². The van der Waals surface area contributed by atoms with Crippen molar-refractivity contribution < 1.29 is 28.6 Å². The van der Waals surface area contributed by atoms with Crippen LogP contribution in [-0.4, -0.2) is 37.2 Å². The fraction of sp³-hybridized carbons (Fsp3) is 0.828. The summed E-state index contributed by atoms with van der Waals surface area (Å²) in [5, 5.41) is 0. The molecule has 1 atom stereocenters. The minimum absolute atomic E-state index is 0.0704. The molecule has 6 heteroatoms. The van der Waals surface area contributed by atoms with Gasteiger partial charge in [0.15, 0.2) is 6.10 Å². The second-order valence-corrected chi connectivity index (χ2v) is 20.6. The van der Waals surface area contributed by atoms with E-state index in [2.05, 4.69) is 69.4 Å². The Labute approximate surface area is 435 Å². The van der Waals surface area contributed by atoms with Crippen molar-refractivity contribution in [1.29, 1.82) is 0 Å². The molecule has 0 saturated heterocycles. The molecular formula is C64H116O6. The number of allylic oxidation sites excluding steroid dienone is 8. The fourth-order valence-corrected chi connectivity index (χ4v) is 9.02.